The minimum Gasteiger partial charge on any atom is -0.389 e. The number of hydrogen-bond acceptors (Lipinski definition) is 3. The second-order valence-electron chi connectivity index (χ2n) is 4.72. The third-order valence-corrected chi connectivity index (χ3v) is 3.69. The number of hydrogen-bond donors (Lipinski definition) is 2. The summed E-state index contributed by atoms with van der Waals surface area (Å²) in [4.78, 5) is 13.2. The van der Waals surface area contributed by atoms with Crippen molar-refractivity contribution in [1.29, 1.82) is 0 Å². The van der Waals surface area contributed by atoms with Gasteiger partial charge in [0.1, 0.15) is 0 Å². The first-order valence-corrected chi connectivity index (χ1v) is 6.38. The van der Waals surface area contributed by atoms with Gasteiger partial charge in [-0.25, -0.2) is 0 Å². The van der Waals surface area contributed by atoms with E-state index in [4.69, 9.17) is 17.3 Å². The van der Waals surface area contributed by atoms with E-state index in [0.29, 0.717) is 11.6 Å². The third-order valence-electron chi connectivity index (χ3n) is 3.39. The van der Waals surface area contributed by atoms with Crippen LogP contribution in [0.25, 0.3) is 0 Å². The van der Waals surface area contributed by atoms with Crippen LogP contribution in [0, 0.1) is 5.92 Å². The second-order valence-corrected chi connectivity index (χ2v) is 5.13. The molecule has 1 heterocycles. The van der Waals surface area contributed by atoms with Gasteiger partial charge in [-0.1, -0.05) is 17.7 Å². The molecule has 3 N–H and O–H groups in total. The highest BCUT2D eigenvalue weighted by molar-refractivity contribution is 6.33. The molecule has 2 rings (SSSR count). The van der Waals surface area contributed by atoms with Gasteiger partial charge in [0.25, 0.3) is 0 Å². The van der Waals surface area contributed by atoms with E-state index >= 15 is 0 Å². The Hall–Kier alpha value is -1.26. The van der Waals surface area contributed by atoms with Crippen molar-refractivity contribution in [3.8, 4) is 0 Å². The molecule has 1 amide bonds. The topological polar surface area (TPSA) is 66.6 Å². The maximum atomic E-state index is 11.1. The average Bonchev–Trinajstić information content (AvgIpc) is 2.78. The van der Waals surface area contributed by atoms with Gasteiger partial charge in [0.05, 0.1) is 22.7 Å². The van der Waals surface area contributed by atoms with E-state index in [1.54, 1.807) is 13.0 Å². The molecule has 2 atom stereocenters. The van der Waals surface area contributed by atoms with Crippen molar-refractivity contribution >= 4 is 23.2 Å². The van der Waals surface area contributed by atoms with Gasteiger partial charge in [0.15, 0.2) is 0 Å². The fourth-order valence-corrected chi connectivity index (χ4v) is 2.56. The zero-order valence-electron chi connectivity index (χ0n) is 10.3. The van der Waals surface area contributed by atoms with Gasteiger partial charge in [-0.05, 0) is 31.0 Å². The zero-order valence-corrected chi connectivity index (χ0v) is 11.0. The summed E-state index contributed by atoms with van der Waals surface area (Å²) in [7, 11) is 0. The SMILES string of the molecule is C[C@@H](O)c1ccc(N2CCC(C(N)=O)C2)c(Cl)c1. The predicted octanol–water partition coefficient (Wildman–Crippen LogP) is 1.70. The maximum absolute atomic E-state index is 11.1. The van der Waals surface area contributed by atoms with Gasteiger partial charge in [0.2, 0.25) is 5.91 Å². The number of aliphatic hydroxyl groups excluding tert-OH is 1. The van der Waals surface area contributed by atoms with Crippen molar-refractivity contribution in [2.45, 2.75) is 19.4 Å². The van der Waals surface area contributed by atoms with Crippen molar-refractivity contribution in [3.63, 3.8) is 0 Å². The molecule has 0 spiro atoms. The Balaban J connectivity index is 2.17. The average molecular weight is 269 g/mol. The van der Waals surface area contributed by atoms with Crippen molar-refractivity contribution in [3.05, 3.63) is 28.8 Å². The molecule has 0 aliphatic carbocycles. The van der Waals surface area contributed by atoms with Crippen molar-refractivity contribution in [1.82, 2.24) is 0 Å². The smallest absolute Gasteiger partial charge is 0.222 e. The summed E-state index contributed by atoms with van der Waals surface area (Å²) in [6.07, 6.45) is 0.234. The Bertz CT molecular complexity index is 462. The van der Waals surface area contributed by atoms with Crippen molar-refractivity contribution in [2.75, 3.05) is 18.0 Å². The number of halogens is 1. The van der Waals surface area contributed by atoms with E-state index in [2.05, 4.69) is 4.90 Å². The summed E-state index contributed by atoms with van der Waals surface area (Å²) in [5.41, 5.74) is 6.99. The Kier molecular flexibility index (Phi) is 3.78. The van der Waals surface area contributed by atoms with Gasteiger partial charge in [-0.2, -0.15) is 0 Å². The molecule has 1 aliphatic heterocycles. The second kappa shape index (κ2) is 5.16. The fraction of sp³-hybridized carbons (Fsp3) is 0.462. The Morgan fingerprint density at radius 2 is 2.33 bits per heavy atom. The number of carbonyl (C=O) groups is 1. The lowest BCUT2D eigenvalue weighted by atomic mass is 10.1. The number of amides is 1. The monoisotopic (exact) mass is 268 g/mol. The molecular formula is C13H17ClN2O2. The highest BCUT2D eigenvalue weighted by atomic mass is 35.5. The highest BCUT2D eigenvalue weighted by Crippen LogP contribution is 2.32. The standard InChI is InChI=1S/C13H17ClN2O2/c1-8(17)9-2-3-12(11(14)6-9)16-5-4-10(7-16)13(15)18/h2-3,6,8,10,17H,4-5,7H2,1H3,(H2,15,18)/t8-,10?/m1/s1. The Morgan fingerprint density at radius 3 is 2.83 bits per heavy atom. The molecule has 0 aromatic heterocycles. The molecule has 1 saturated heterocycles. The van der Waals surface area contributed by atoms with Crippen LogP contribution in [0.3, 0.4) is 0 Å². The molecule has 1 unspecified atom stereocenters. The van der Waals surface area contributed by atoms with Crippen LogP contribution in [-0.2, 0) is 4.79 Å². The molecule has 0 bridgehead atoms. The Morgan fingerprint density at radius 1 is 1.61 bits per heavy atom. The highest BCUT2D eigenvalue weighted by Gasteiger charge is 2.27. The first-order chi connectivity index (χ1) is 8.49. The number of nitrogens with two attached hydrogens (primary N) is 1. The number of primary amides is 1. The van der Waals surface area contributed by atoms with E-state index in [9.17, 15) is 9.90 Å². The summed E-state index contributed by atoms with van der Waals surface area (Å²) >= 11 is 6.21. The molecule has 1 fully saturated rings. The molecule has 0 radical (unpaired) electrons. The lowest BCUT2D eigenvalue weighted by Gasteiger charge is -2.20. The summed E-state index contributed by atoms with van der Waals surface area (Å²) in [6, 6.07) is 5.50. The predicted molar refractivity (Wildman–Crippen MR) is 71.6 cm³/mol. The number of nitrogens with zero attached hydrogens (tertiary/aromatic N) is 1. The van der Waals surface area contributed by atoms with Crippen LogP contribution in [0.2, 0.25) is 5.02 Å². The minimum absolute atomic E-state index is 0.0995. The first-order valence-electron chi connectivity index (χ1n) is 6.01. The lowest BCUT2D eigenvalue weighted by Crippen LogP contribution is -2.27. The number of carbonyl (C=O) groups excluding carboxylic acids is 1. The van der Waals surface area contributed by atoms with Crippen LogP contribution in [-0.4, -0.2) is 24.1 Å². The van der Waals surface area contributed by atoms with E-state index in [-0.39, 0.29) is 11.8 Å². The first kappa shape index (κ1) is 13.2. The quantitative estimate of drug-likeness (QED) is 0.877. The molecule has 1 aliphatic rings. The lowest BCUT2D eigenvalue weighted by molar-refractivity contribution is -0.121. The van der Waals surface area contributed by atoms with Crippen LogP contribution in [0.5, 0.6) is 0 Å². The summed E-state index contributed by atoms with van der Waals surface area (Å²) < 4.78 is 0. The molecule has 98 valence electrons. The number of rotatable bonds is 3. The van der Waals surface area contributed by atoms with Gasteiger partial charge in [-0.3, -0.25) is 4.79 Å². The Labute approximate surface area is 111 Å². The maximum Gasteiger partial charge on any atom is 0.222 e. The molecular weight excluding hydrogens is 252 g/mol. The molecule has 5 heteroatoms. The summed E-state index contributed by atoms with van der Waals surface area (Å²) in [5.74, 6) is -0.355. The number of aliphatic hydroxyl groups is 1. The van der Waals surface area contributed by atoms with Crippen LogP contribution in [0.15, 0.2) is 18.2 Å². The van der Waals surface area contributed by atoms with E-state index < -0.39 is 6.10 Å². The molecule has 1 aromatic rings. The van der Waals surface area contributed by atoms with Gasteiger partial charge >= 0.3 is 0 Å². The number of anilines is 1. The summed E-state index contributed by atoms with van der Waals surface area (Å²) in [5, 5.41) is 10.1. The van der Waals surface area contributed by atoms with Crippen molar-refractivity contribution in [2.24, 2.45) is 11.7 Å². The number of benzene rings is 1. The molecule has 18 heavy (non-hydrogen) atoms. The fourth-order valence-electron chi connectivity index (χ4n) is 2.25. The van der Waals surface area contributed by atoms with Crippen LogP contribution < -0.4 is 10.6 Å². The van der Waals surface area contributed by atoms with E-state index in [1.807, 2.05) is 12.1 Å². The molecule has 1 aromatic carbocycles. The van der Waals surface area contributed by atoms with Crippen LogP contribution in [0.1, 0.15) is 25.0 Å². The zero-order chi connectivity index (χ0) is 13.3. The van der Waals surface area contributed by atoms with Crippen molar-refractivity contribution < 1.29 is 9.90 Å². The van der Waals surface area contributed by atoms with E-state index in [0.717, 1.165) is 24.2 Å². The van der Waals surface area contributed by atoms with Crippen LogP contribution >= 0.6 is 11.6 Å². The van der Waals surface area contributed by atoms with Gasteiger partial charge in [-0.15, -0.1) is 0 Å². The van der Waals surface area contributed by atoms with E-state index in [1.165, 1.54) is 0 Å². The van der Waals surface area contributed by atoms with Gasteiger partial charge < -0.3 is 15.7 Å². The minimum atomic E-state index is -0.534. The van der Waals surface area contributed by atoms with Gasteiger partial charge in [0, 0.05) is 13.1 Å². The molecule has 0 saturated carbocycles. The third kappa shape index (κ3) is 2.60. The normalized spacial score (nSPS) is 21.1. The summed E-state index contributed by atoms with van der Waals surface area (Å²) in [6.45, 7) is 3.09. The largest absolute Gasteiger partial charge is 0.389 e. The molecule has 4 nitrogen and oxygen atoms in total. The van der Waals surface area contributed by atoms with Crippen LogP contribution in [0.4, 0.5) is 5.69 Å².